The maximum absolute atomic E-state index is 12.7. The maximum Gasteiger partial charge on any atom is 0.253 e. The predicted octanol–water partition coefficient (Wildman–Crippen LogP) is 2.19. The van der Waals surface area contributed by atoms with Gasteiger partial charge in [-0.3, -0.25) is 0 Å². The number of oxime groups is 1. The second-order valence-corrected chi connectivity index (χ2v) is 9.22. The first kappa shape index (κ1) is 15.7. The van der Waals surface area contributed by atoms with Crippen molar-refractivity contribution in [3.8, 4) is 0 Å². The Hall–Kier alpha value is -0.640. The molecule has 0 aliphatic heterocycles. The average Bonchev–Trinajstić information content (AvgIpc) is 3.06. The normalized spacial score (nSPS) is 18.0. The summed E-state index contributed by atoms with van der Waals surface area (Å²) in [5.74, 6) is -0.101. The van der Waals surface area contributed by atoms with Crippen LogP contribution in [0.5, 0.6) is 0 Å². The first-order valence-corrected chi connectivity index (χ1v) is 9.23. The van der Waals surface area contributed by atoms with Crippen molar-refractivity contribution in [2.45, 2.75) is 35.9 Å². The van der Waals surface area contributed by atoms with Crippen molar-refractivity contribution in [3.63, 3.8) is 0 Å². The Bertz CT molecular complexity index is 594. The van der Waals surface area contributed by atoms with Crippen LogP contribution >= 0.6 is 27.3 Å². The smallest absolute Gasteiger partial charge is 0.253 e. The number of sulfonamides is 1. The predicted molar refractivity (Wildman–Crippen MR) is 81.6 cm³/mol. The van der Waals surface area contributed by atoms with E-state index in [4.69, 9.17) is 10.9 Å². The van der Waals surface area contributed by atoms with Crippen molar-refractivity contribution < 1.29 is 13.6 Å². The zero-order chi connectivity index (χ0) is 14.8. The average molecular weight is 382 g/mol. The highest BCUT2D eigenvalue weighted by Gasteiger charge is 2.34. The zero-order valence-corrected chi connectivity index (χ0v) is 13.9. The van der Waals surface area contributed by atoms with E-state index in [0.717, 1.165) is 40.8 Å². The molecule has 3 N–H and O–H groups in total. The number of hydrogen-bond acceptors (Lipinski definition) is 5. The van der Waals surface area contributed by atoms with E-state index in [1.165, 1.54) is 4.31 Å². The van der Waals surface area contributed by atoms with Gasteiger partial charge in [-0.25, -0.2) is 8.42 Å². The van der Waals surface area contributed by atoms with Crippen molar-refractivity contribution in [1.29, 1.82) is 0 Å². The molecule has 2 rings (SSSR count). The van der Waals surface area contributed by atoms with Crippen molar-refractivity contribution in [1.82, 2.24) is 4.31 Å². The summed E-state index contributed by atoms with van der Waals surface area (Å²) in [4.78, 5) is 0. The molecule has 1 saturated carbocycles. The molecule has 0 amide bonds. The maximum atomic E-state index is 12.7. The number of nitrogens with zero attached hydrogens (tertiary/aromatic N) is 2. The zero-order valence-electron chi connectivity index (χ0n) is 10.7. The first-order chi connectivity index (χ1) is 9.45. The summed E-state index contributed by atoms with van der Waals surface area (Å²) >= 11 is 4.43. The van der Waals surface area contributed by atoms with E-state index in [1.807, 2.05) is 0 Å². The van der Waals surface area contributed by atoms with Crippen LogP contribution in [0.4, 0.5) is 0 Å². The SMILES string of the molecule is NC(CN(C1CCCC1)S(=O)(=O)c1ccc(Br)s1)=NO. The van der Waals surface area contributed by atoms with Gasteiger partial charge in [0.25, 0.3) is 10.0 Å². The van der Waals surface area contributed by atoms with Gasteiger partial charge in [0, 0.05) is 6.04 Å². The third-order valence-electron chi connectivity index (χ3n) is 3.29. The summed E-state index contributed by atoms with van der Waals surface area (Å²) in [7, 11) is -3.62. The third-order valence-corrected chi connectivity index (χ3v) is 7.28. The Balaban J connectivity index is 2.34. The molecule has 0 spiro atoms. The number of thiophene rings is 1. The van der Waals surface area contributed by atoms with Crippen molar-refractivity contribution in [3.05, 3.63) is 15.9 Å². The Labute approximate surface area is 130 Å². The van der Waals surface area contributed by atoms with Crippen LogP contribution in [-0.2, 0) is 10.0 Å². The molecule has 6 nitrogen and oxygen atoms in total. The first-order valence-electron chi connectivity index (χ1n) is 6.18. The molecule has 1 aliphatic rings. The molecule has 0 atom stereocenters. The number of amidine groups is 1. The minimum absolute atomic E-state index is 0.0822. The van der Waals surface area contributed by atoms with Crippen LogP contribution in [0.1, 0.15) is 25.7 Å². The molecule has 9 heteroatoms. The van der Waals surface area contributed by atoms with Crippen LogP contribution in [-0.4, -0.2) is 36.4 Å². The number of halogens is 1. The van der Waals surface area contributed by atoms with Crippen LogP contribution in [0.2, 0.25) is 0 Å². The standard InChI is InChI=1S/C11H16BrN3O3S2/c12-9-5-6-11(19-9)20(17,18)15(7-10(13)14-16)8-3-1-2-4-8/h5-6,8,16H,1-4,7H2,(H2,13,14). The molecule has 20 heavy (non-hydrogen) atoms. The summed E-state index contributed by atoms with van der Waals surface area (Å²) in [6.45, 7) is -0.0843. The van der Waals surface area contributed by atoms with Gasteiger partial charge in [0.15, 0.2) is 5.84 Å². The molecule has 1 aliphatic carbocycles. The van der Waals surface area contributed by atoms with Crippen LogP contribution < -0.4 is 5.73 Å². The molecule has 1 heterocycles. The van der Waals surface area contributed by atoms with Gasteiger partial charge in [0.05, 0.1) is 10.3 Å². The minimum Gasteiger partial charge on any atom is -0.409 e. The fourth-order valence-corrected chi connectivity index (χ4v) is 6.14. The van der Waals surface area contributed by atoms with E-state index in [-0.39, 0.29) is 22.6 Å². The van der Waals surface area contributed by atoms with E-state index < -0.39 is 10.0 Å². The molecular formula is C11H16BrN3O3S2. The molecule has 0 aromatic carbocycles. The van der Waals surface area contributed by atoms with Gasteiger partial charge in [-0.15, -0.1) is 11.3 Å². The number of hydrogen-bond donors (Lipinski definition) is 2. The van der Waals surface area contributed by atoms with Crippen molar-refractivity contribution >= 4 is 43.1 Å². The lowest BCUT2D eigenvalue weighted by Crippen LogP contribution is -2.43. The number of nitrogens with two attached hydrogens (primary N) is 1. The molecule has 0 unspecified atom stereocenters. The van der Waals surface area contributed by atoms with Gasteiger partial charge in [-0.2, -0.15) is 4.31 Å². The highest BCUT2D eigenvalue weighted by atomic mass is 79.9. The molecule has 0 bridgehead atoms. The van der Waals surface area contributed by atoms with Crippen LogP contribution in [0.25, 0.3) is 0 Å². The fourth-order valence-electron chi connectivity index (χ4n) is 2.35. The van der Waals surface area contributed by atoms with Crippen molar-refractivity contribution in [2.24, 2.45) is 10.9 Å². The summed E-state index contributed by atoms with van der Waals surface area (Å²) in [6, 6.07) is 3.19. The minimum atomic E-state index is -3.62. The second kappa shape index (κ2) is 6.42. The second-order valence-electron chi connectivity index (χ2n) is 4.64. The highest BCUT2D eigenvalue weighted by molar-refractivity contribution is 9.11. The van der Waals surface area contributed by atoms with E-state index in [0.29, 0.717) is 0 Å². The lowest BCUT2D eigenvalue weighted by atomic mass is 10.2. The van der Waals surface area contributed by atoms with E-state index in [9.17, 15) is 8.42 Å². The molecule has 1 aromatic heterocycles. The Kier molecular flexibility index (Phi) is 5.05. The molecule has 112 valence electrons. The Morgan fingerprint density at radius 2 is 2.15 bits per heavy atom. The summed E-state index contributed by atoms with van der Waals surface area (Å²) < 4.78 is 27.8. The summed E-state index contributed by atoms with van der Waals surface area (Å²) in [5.41, 5.74) is 5.51. The Morgan fingerprint density at radius 1 is 1.50 bits per heavy atom. The van der Waals surface area contributed by atoms with E-state index in [1.54, 1.807) is 12.1 Å². The monoisotopic (exact) mass is 381 g/mol. The molecule has 1 fully saturated rings. The molecule has 0 saturated heterocycles. The molecular weight excluding hydrogens is 366 g/mol. The fraction of sp³-hybridized carbons (Fsp3) is 0.545. The van der Waals surface area contributed by atoms with E-state index in [2.05, 4.69) is 21.1 Å². The topological polar surface area (TPSA) is 96.0 Å². The van der Waals surface area contributed by atoms with Gasteiger partial charge in [0.2, 0.25) is 0 Å². The van der Waals surface area contributed by atoms with Gasteiger partial charge >= 0.3 is 0 Å². The Morgan fingerprint density at radius 3 is 2.65 bits per heavy atom. The van der Waals surface area contributed by atoms with Gasteiger partial charge < -0.3 is 10.9 Å². The van der Waals surface area contributed by atoms with Gasteiger partial charge in [-0.05, 0) is 40.9 Å². The van der Waals surface area contributed by atoms with Gasteiger partial charge in [0.1, 0.15) is 4.21 Å². The highest BCUT2D eigenvalue weighted by Crippen LogP contribution is 2.32. The quantitative estimate of drug-likeness (QED) is 0.353. The van der Waals surface area contributed by atoms with Crippen molar-refractivity contribution in [2.75, 3.05) is 6.54 Å². The number of rotatable bonds is 5. The summed E-state index contributed by atoms with van der Waals surface area (Å²) in [6.07, 6.45) is 3.62. The lowest BCUT2D eigenvalue weighted by molar-refractivity contribution is 0.308. The van der Waals surface area contributed by atoms with Gasteiger partial charge in [-0.1, -0.05) is 18.0 Å². The lowest BCUT2D eigenvalue weighted by Gasteiger charge is -2.26. The summed E-state index contributed by atoms with van der Waals surface area (Å²) in [5, 5.41) is 11.6. The third kappa shape index (κ3) is 3.33. The molecule has 0 radical (unpaired) electrons. The van der Waals surface area contributed by atoms with Crippen LogP contribution in [0, 0.1) is 0 Å². The molecule has 1 aromatic rings. The van der Waals surface area contributed by atoms with Crippen LogP contribution in [0.15, 0.2) is 25.3 Å². The largest absolute Gasteiger partial charge is 0.409 e. The van der Waals surface area contributed by atoms with E-state index >= 15 is 0 Å². The van der Waals surface area contributed by atoms with Crippen LogP contribution in [0.3, 0.4) is 0 Å².